The van der Waals surface area contributed by atoms with E-state index in [0.717, 1.165) is 19.4 Å². The van der Waals surface area contributed by atoms with Crippen LogP contribution in [0.15, 0.2) is 0 Å². The Balaban J connectivity index is 1.91. The van der Waals surface area contributed by atoms with Crippen molar-refractivity contribution in [1.29, 1.82) is 0 Å². The number of halogens is 3. The van der Waals surface area contributed by atoms with E-state index in [1.165, 1.54) is 0 Å². The lowest BCUT2D eigenvalue weighted by atomic mass is 9.82. The van der Waals surface area contributed by atoms with Gasteiger partial charge in [-0.1, -0.05) is 0 Å². The minimum Gasteiger partial charge on any atom is -0.381 e. The maximum atomic E-state index is 12.9. The van der Waals surface area contributed by atoms with Gasteiger partial charge in [0.25, 0.3) is 0 Å². The van der Waals surface area contributed by atoms with Gasteiger partial charge in [-0.05, 0) is 44.6 Å². The molecule has 2 nitrogen and oxygen atoms in total. The van der Waals surface area contributed by atoms with E-state index < -0.39 is 12.1 Å². The van der Waals surface area contributed by atoms with Crippen LogP contribution in [0.25, 0.3) is 0 Å². The third-order valence-electron chi connectivity index (χ3n) is 3.93. The molecule has 1 N–H and O–H groups in total. The summed E-state index contributed by atoms with van der Waals surface area (Å²) in [6.45, 7) is 2.13. The van der Waals surface area contributed by atoms with E-state index in [1.54, 1.807) is 0 Å². The van der Waals surface area contributed by atoms with Gasteiger partial charge in [-0.25, -0.2) is 0 Å². The summed E-state index contributed by atoms with van der Waals surface area (Å²) in [5, 5.41) is 3.06. The topological polar surface area (TPSA) is 21.3 Å². The van der Waals surface area contributed by atoms with Gasteiger partial charge in [-0.15, -0.1) is 0 Å². The second kappa shape index (κ2) is 5.57. The molecule has 0 spiro atoms. The molecule has 2 aliphatic heterocycles. The number of piperidine rings is 1. The van der Waals surface area contributed by atoms with Gasteiger partial charge in [0.1, 0.15) is 0 Å². The van der Waals surface area contributed by atoms with Crippen LogP contribution in [-0.4, -0.2) is 32.0 Å². The highest BCUT2D eigenvalue weighted by Gasteiger charge is 2.45. The van der Waals surface area contributed by atoms with Crippen molar-refractivity contribution in [2.45, 2.75) is 44.3 Å². The quantitative estimate of drug-likeness (QED) is 0.814. The van der Waals surface area contributed by atoms with Crippen LogP contribution in [0.4, 0.5) is 13.2 Å². The Labute approximate surface area is 99.9 Å². The van der Waals surface area contributed by atoms with Gasteiger partial charge in [0.05, 0.1) is 5.92 Å². The molecular weight excluding hydrogens is 231 g/mol. The van der Waals surface area contributed by atoms with Crippen molar-refractivity contribution in [3.8, 4) is 0 Å². The van der Waals surface area contributed by atoms with Crippen LogP contribution in [0.2, 0.25) is 0 Å². The first kappa shape index (κ1) is 13.1. The first-order chi connectivity index (χ1) is 8.07. The maximum absolute atomic E-state index is 12.9. The van der Waals surface area contributed by atoms with Gasteiger partial charge in [0.2, 0.25) is 0 Å². The molecule has 0 saturated carbocycles. The van der Waals surface area contributed by atoms with E-state index in [1.807, 2.05) is 0 Å². The zero-order valence-electron chi connectivity index (χ0n) is 9.93. The Bertz CT molecular complexity index is 238. The summed E-state index contributed by atoms with van der Waals surface area (Å²) in [6, 6.07) is -0.383. The third-order valence-corrected chi connectivity index (χ3v) is 3.93. The molecule has 2 saturated heterocycles. The molecule has 2 heterocycles. The number of alkyl halides is 3. The summed E-state index contributed by atoms with van der Waals surface area (Å²) >= 11 is 0. The van der Waals surface area contributed by atoms with E-state index in [2.05, 4.69) is 5.32 Å². The molecule has 5 heteroatoms. The highest BCUT2D eigenvalue weighted by molar-refractivity contribution is 4.87. The molecule has 0 aromatic carbocycles. The van der Waals surface area contributed by atoms with Crippen LogP contribution in [0, 0.1) is 11.8 Å². The molecule has 0 aromatic heterocycles. The van der Waals surface area contributed by atoms with Crippen LogP contribution in [0.5, 0.6) is 0 Å². The lowest BCUT2D eigenvalue weighted by Gasteiger charge is -2.36. The molecule has 2 atom stereocenters. The molecule has 0 aromatic rings. The van der Waals surface area contributed by atoms with E-state index in [9.17, 15) is 13.2 Å². The third kappa shape index (κ3) is 3.58. The molecule has 2 unspecified atom stereocenters. The Morgan fingerprint density at radius 1 is 1.12 bits per heavy atom. The second-order valence-corrected chi connectivity index (χ2v) is 5.14. The molecule has 0 amide bonds. The second-order valence-electron chi connectivity index (χ2n) is 5.14. The first-order valence-electron chi connectivity index (χ1n) is 6.45. The van der Waals surface area contributed by atoms with Gasteiger partial charge in [-0.2, -0.15) is 13.2 Å². The van der Waals surface area contributed by atoms with Crippen molar-refractivity contribution >= 4 is 0 Å². The average molecular weight is 251 g/mol. The fourth-order valence-corrected chi connectivity index (χ4v) is 2.93. The predicted molar refractivity (Wildman–Crippen MR) is 58.7 cm³/mol. The number of nitrogens with one attached hydrogen (secondary N) is 1. The van der Waals surface area contributed by atoms with Gasteiger partial charge >= 0.3 is 6.18 Å². The minimum atomic E-state index is -4.05. The Kier molecular flexibility index (Phi) is 4.31. The molecule has 2 aliphatic rings. The van der Waals surface area contributed by atoms with Crippen molar-refractivity contribution < 1.29 is 17.9 Å². The largest absolute Gasteiger partial charge is 0.393 e. The maximum Gasteiger partial charge on any atom is 0.393 e. The summed E-state index contributed by atoms with van der Waals surface area (Å²) in [5.74, 6) is -0.761. The molecule has 2 fully saturated rings. The minimum absolute atomic E-state index is 0.282. The SMILES string of the molecule is FC(F)(F)C1CCCNC1CC1CCOCC1. The molecule has 0 aliphatic carbocycles. The van der Waals surface area contributed by atoms with Gasteiger partial charge in [-0.3, -0.25) is 0 Å². The Hall–Kier alpha value is -0.290. The highest BCUT2D eigenvalue weighted by atomic mass is 19.4. The highest BCUT2D eigenvalue weighted by Crippen LogP contribution is 2.37. The number of hydrogen-bond acceptors (Lipinski definition) is 2. The van der Waals surface area contributed by atoms with Crippen LogP contribution in [-0.2, 0) is 4.74 Å². The molecule has 0 radical (unpaired) electrons. The van der Waals surface area contributed by atoms with Crippen LogP contribution < -0.4 is 5.32 Å². The fourth-order valence-electron chi connectivity index (χ4n) is 2.93. The van der Waals surface area contributed by atoms with Crippen molar-refractivity contribution in [2.24, 2.45) is 11.8 Å². The summed E-state index contributed by atoms with van der Waals surface area (Å²) in [5.41, 5.74) is 0. The molecular formula is C12H20F3NO. The van der Waals surface area contributed by atoms with Gasteiger partial charge in [0.15, 0.2) is 0 Å². The van der Waals surface area contributed by atoms with Crippen molar-refractivity contribution in [3.63, 3.8) is 0 Å². The summed E-state index contributed by atoms with van der Waals surface area (Å²) in [4.78, 5) is 0. The number of hydrogen-bond donors (Lipinski definition) is 1. The van der Waals surface area contributed by atoms with E-state index in [-0.39, 0.29) is 12.5 Å². The summed E-state index contributed by atoms with van der Waals surface area (Å²) < 4.78 is 43.9. The zero-order chi connectivity index (χ0) is 12.3. The van der Waals surface area contributed by atoms with E-state index in [4.69, 9.17) is 4.74 Å². The van der Waals surface area contributed by atoms with Gasteiger partial charge in [0, 0.05) is 19.3 Å². The average Bonchev–Trinajstić information content (AvgIpc) is 2.30. The fraction of sp³-hybridized carbons (Fsp3) is 1.00. The van der Waals surface area contributed by atoms with Crippen LogP contribution in [0.3, 0.4) is 0 Å². The van der Waals surface area contributed by atoms with Crippen molar-refractivity contribution in [3.05, 3.63) is 0 Å². The molecule has 2 rings (SSSR count). The molecule has 0 bridgehead atoms. The smallest absolute Gasteiger partial charge is 0.381 e. The normalized spacial score (nSPS) is 32.6. The monoisotopic (exact) mass is 251 g/mol. The van der Waals surface area contributed by atoms with Gasteiger partial charge < -0.3 is 10.1 Å². The van der Waals surface area contributed by atoms with E-state index >= 15 is 0 Å². The van der Waals surface area contributed by atoms with Crippen molar-refractivity contribution in [1.82, 2.24) is 5.32 Å². The van der Waals surface area contributed by atoms with Crippen LogP contribution >= 0.6 is 0 Å². The van der Waals surface area contributed by atoms with Crippen LogP contribution in [0.1, 0.15) is 32.1 Å². The van der Waals surface area contributed by atoms with E-state index in [0.29, 0.717) is 32.0 Å². The predicted octanol–water partition coefficient (Wildman–Crippen LogP) is 2.73. The lowest BCUT2D eigenvalue weighted by molar-refractivity contribution is -0.190. The first-order valence-corrected chi connectivity index (χ1v) is 6.45. The lowest BCUT2D eigenvalue weighted by Crippen LogP contribution is -2.48. The molecule has 17 heavy (non-hydrogen) atoms. The zero-order valence-corrected chi connectivity index (χ0v) is 9.93. The Morgan fingerprint density at radius 3 is 2.47 bits per heavy atom. The van der Waals surface area contributed by atoms with Crippen molar-refractivity contribution in [2.75, 3.05) is 19.8 Å². The standard InChI is InChI=1S/C12H20F3NO/c13-12(14,15)10-2-1-5-16-11(10)8-9-3-6-17-7-4-9/h9-11,16H,1-8H2. The molecule has 100 valence electrons. The Morgan fingerprint density at radius 2 is 1.82 bits per heavy atom. The summed E-state index contributed by atoms with van der Waals surface area (Å²) in [6.07, 6.45) is -0.679. The number of rotatable bonds is 2. The summed E-state index contributed by atoms with van der Waals surface area (Å²) in [7, 11) is 0. The number of ether oxygens (including phenoxy) is 1.